The van der Waals surface area contributed by atoms with E-state index in [2.05, 4.69) is 46.6 Å². The van der Waals surface area contributed by atoms with E-state index in [0.29, 0.717) is 6.04 Å². The van der Waals surface area contributed by atoms with Crippen LogP contribution >= 0.6 is 0 Å². The Bertz CT molecular complexity index is 1290. The zero-order valence-corrected chi connectivity index (χ0v) is 19.9. The van der Waals surface area contributed by atoms with Gasteiger partial charge in [0.15, 0.2) is 0 Å². The molecule has 2 amide bonds. The smallest absolute Gasteiger partial charge is 0.238 e. The summed E-state index contributed by atoms with van der Waals surface area (Å²) in [5.74, 6) is -0.0360. The fourth-order valence-electron chi connectivity index (χ4n) is 6.58. The molecule has 2 aliphatic heterocycles. The van der Waals surface area contributed by atoms with E-state index in [4.69, 9.17) is 0 Å². The number of benzene rings is 3. The average Bonchev–Trinajstić information content (AvgIpc) is 3.34. The number of fused-ring (bicyclic) bond motifs is 1. The number of rotatable bonds is 4. The standard InChI is InChI=1S/C29H31N3O2/c1-29(18-26(33)30-2)23-11-3-4-12-24(23)32(28(29)34)21-13-15-31(16-14-21)25-17-20-9-5-7-19-8-6-10-22(25)27(19)20/h3-12,21,25H,13-18H2,1-2H3,(H,30,33)/t25-,29-/m0/s1. The lowest BCUT2D eigenvalue weighted by Crippen LogP contribution is -2.50. The monoisotopic (exact) mass is 453 g/mol. The maximum atomic E-state index is 13.8. The molecule has 1 fully saturated rings. The number of carbonyl (C=O) groups is 2. The molecule has 0 bridgehead atoms. The summed E-state index contributed by atoms with van der Waals surface area (Å²) in [5.41, 5.74) is 4.05. The summed E-state index contributed by atoms with van der Waals surface area (Å²) in [6, 6.07) is 21.9. The minimum Gasteiger partial charge on any atom is -0.359 e. The number of hydrogen-bond acceptors (Lipinski definition) is 3. The summed E-state index contributed by atoms with van der Waals surface area (Å²) in [6.45, 7) is 3.87. The number of likely N-dealkylation sites (tertiary alicyclic amines) is 1. The van der Waals surface area contributed by atoms with Crippen molar-refractivity contribution in [1.82, 2.24) is 10.2 Å². The third kappa shape index (κ3) is 3.10. The second kappa shape index (κ2) is 7.95. The molecule has 0 unspecified atom stereocenters. The van der Waals surface area contributed by atoms with Gasteiger partial charge in [0.1, 0.15) is 0 Å². The van der Waals surface area contributed by atoms with E-state index in [-0.39, 0.29) is 24.3 Å². The Morgan fingerprint density at radius 3 is 2.53 bits per heavy atom. The zero-order chi connectivity index (χ0) is 23.4. The van der Waals surface area contributed by atoms with Crippen molar-refractivity contribution in [3.63, 3.8) is 0 Å². The van der Waals surface area contributed by atoms with E-state index in [1.165, 1.54) is 21.9 Å². The zero-order valence-electron chi connectivity index (χ0n) is 19.9. The first-order valence-corrected chi connectivity index (χ1v) is 12.4. The molecule has 0 spiro atoms. The molecule has 3 aromatic rings. The van der Waals surface area contributed by atoms with Crippen molar-refractivity contribution in [2.45, 2.75) is 50.1 Å². The van der Waals surface area contributed by atoms with Crippen LogP contribution in [0.1, 0.15) is 48.9 Å². The highest BCUT2D eigenvalue weighted by atomic mass is 16.2. The lowest BCUT2D eigenvalue weighted by Gasteiger charge is -2.40. The quantitative estimate of drug-likeness (QED) is 0.639. The van der Waals surface area contributed by atoms with Crippen molar-refractivity contribution in [2.75, 3.05) is 25.0 Å². The highest BCUT2D eigenvalue weighted by Crippen LogP contribution is 2.47. The predicted octanol–water partition coefficient (Wildman–Crippen LogP) is 4.34. The fourth-order valence-corrected chi connectivity index (χ4v) is 6.58. The van der Waals surface area contributed by atoms with Crippen LogP contribution in [0.3, 0.4) is 0 Å². The topological polar surface area (TPSA) is 52.7 Å². The maximum absolute atomic E-state index is 13.8. The van der Waals surface area contributed by atoms with E-state index in [1.807, 2.05) is 36.1 Å². The summed E-state index contributed by atoms with van der Waals surface area (Å²) in [6.07, 6.45) is 3.13. The molecule has 1 aliphatic carbocycles. The summed E-state index contributed by atoms with van der Waals surface area (Å²) < 4.78 is 0. The van der Waals surface area contributed by atoms with Crippen LogP contribution in [-0.2, 0) is 21.4 Å². The minimum absolute atomic E-state index is 0.0637. The molecular weight excluding hydrogens is 422 g/mol. The second-order valence-corrected chi connectivity index (χ2v) is 10.2. The van der Waals surface area contributed by atoms with Crippen LogP contribution in [0.4, 0.5) is 5.69 Å². The molecule has 1 saturated heterocycles. The van der Waals surface area contributed by atoms with E-state index in [9.17, 15) is 9.59 Å². The number of amides is 2. The van der Waals surface area contributed by atoms with Gasteiger partial charge in [-0.05, 0) is 59.7 Å². The molecule has 6 rings (SSSR count). The summed E-state index contributed by atoms with van der Waals surface area (Å²) in [5, 5.41) is 5.47. The summed E-state index contributed by atoms with van der Waals surface area (Å²) >= 11 is 0. The maximum Gasteiger partial charge on any atom is 0.238 e. The SMILES string of the molecule is CNC(=O)C[C@]1(C)C(=O)N(C2CCN([C@H]3Cc4cccc5cccc3c45)CC2)c2ccccc21. The van der Waals surface area contributed by atoms with E-state index in [0.717, 1.165) is 43.6 Å². The number of para-hydroxylation sites is 1. The molecule has 0 saturated carbocycles. The van der Waals surface area contributed by atoms with Gasteiger partial charge in [-0.2, -0.15) is 0 Å². The van der Waals surface area contributed by atoms with Gasteiger partial charge in [-0.1, -0.05) is 54.6 Å². The first-order chi connectivity index (χ1) is 16.5. The third-order valence-electron chi connectivity index (χ3n) is 8.34. The Morgan fingerprint density at radius 1 is 1.03 bits per heavy atom. The molecule has 0 radical (unpaired) electrons. The minimum atomic E-state index is -0.809. The van der Waals surface area contributed by atoms with Crippen LogP contribution in [0.5, 0.6) is 0 Å². The first kappa shape index (κ1) is 21.4. The molecule has 2 atom stereocenters. The molecule has 0 aromatic heterocycles. The lowest BCUT2D eigenvalue weighted by atomic mass is 9.80. The third-order valence-corrected chi connectivity index (χ3v) is 8.34. The van der Waals surface area contributed by atoms with Gasteiger partial charge in [-0.25, -0.2) is 0 Å². The van der Waals surface area contributed by atoms with Crippen molar-refractivity contribution in [3.05, 3.63) is 77.4 Å². The van der Waals surface area contributed by atoms with Crippen LogP contribution in [0.15, 0.2) is 60.7 Å². The number of nitrogens with one attached hydrogen (secondary N) is 1. The number of piperidine rings is 1. The average molecular weight is 454 g/mol. The van der Waals surface area contributed by atoms with Crippen LogP contribution in [-0.4, -0.2) is 42.9 Å². The van der Waals surface area contributed by atoms with Crippen molar-refractivity contribution < 1.29 is 9.59 Å². The van der Waals surface area contributed by atoms with Gasteiger partial charge in [0.05, 0.1) is 5.41 Å². The van der Waals surface area contributed by atoms with Crippen molar-refractivity contribution in [1.29, 1.82) is 0 Å². The van der Waals surface area contributed by atoms with Crippen LogP contribution in [0.25, 0.3) is 10.8 Å². The highest BCUT2D eigenvalue weighted by molar-refractivity contribution is 6.10. The number of hydrogen-bond donors (Lipinski definition) is 1. The molecular formula is C29H31N3O2. The number of anilines is 1. The van der Waals surface area contributed by atoms with Gasteiger partial charge in [-0.3, -0.25) is 14.5 Å². The molecule has 3 aromatic carbocycles. The van der Waals surface area contributed by atoms with Crippen LogP contribution in [0.2, 0.25) is 0 Å². The Kier molecular flexibility index (Phi) is 4.99. The molecule has 3 aliphatic rings. The van der Waals surface area contributed by atoms with Crippen LogP contribution in [0, 0.1) is 0 Å². The lowest BCUT2D eigenvalue weighted by molar-refractivity contribution is -0.129. The molecule has 1 N–H and O–H groups in total. The van der Waals surface area contributed by atoms with Gasteiger partial charge in [0.2, 0.25) is 11.8 Å². The van der Waals surface area contributed by atoms with E-state index in [1.54, 1.807) is 7.05 Å². The van der Waals surface area contributed by atoms with E-state index >= 15 is 0 Å². The highest BCUT2D eigenvalue weighted by Gasteiger charge is 2.50. The molecule has 5 nitrogen and oxygen atoms in total. The molecule has 2 heterocycles. The van der Waals surface area contributed by atoms with Gasteiger partial charge < -0.3 is 10.2 Å². The molecule has 5 heteroatoms. The largest absolute Gasteiger partial charge is 0.359 e. The van der Waals surface area contributed by atoms with Crippen molar-refractivity contribution >= 4 is 28.3 Å². The van der Waals surface area contributed by atoms with Crippen molar-refractivity contribution in [2.24, 2.45) is 0 Å². The van der Waals surface area contributed by atoms with Gasteiger partial charge >= 0.3 is 0 Å². The molecule has 174 valence electrons. The van der Waals surface area contributed by atoms with Crippen LogP contribution < -0.4 is 10.2 Å². The number of nitrogens with zero attached hydrogens (tertiary/aromatic N) is 2. The summed E-state index contributed by atoms with van der Waals surface area (Å²) in [4.78, 5) is 30.7. The van der Waals surface area contributed by atoms with Crippen molar-refractivity contribution in [3.8, 4) is 0 Å². The molecule has 34 heavy (non-hydrogen) atoms. The Balaban J connectivity index is 1.23. The second-order valence-electron chi connectivity index (χ2n) is 10.2. The predicted molar refractivity (Wildman–Crippen MR) is 135 cm³/mol. The Hall–Kier alpha value is -3.18. The number of carbonyl (C=O) groups excluding carboxylic acids is 2. The van der Waals surface area contributed by atoms with Gasteiger partial charge in [-0.15, -0.1) is 0 Å². The summed E-state index contributed by atoms with van der Waals surface area (Å²) in [7, 11) is 1.63. The fraction of sp³-hybridized carbons (Fsp3) is 0.379. The van der Waals surface area contributed by atoms with Gasteiger partial charge in [0.25, 0.3) is 0 Å². The Labute approximate surface area is 200 Å². The van der Waals surface area contributed by atoms with Gasteiger partial charge in [0, 0.05) is 44.3 Å². The Morgan fingerprint density at radius 2 is 1.76 bits per heavy atom. The van der Waals surface area contributed by atoms with E-state index < -0.39 is 5.41 Å². The first-order valence-electron chi connectivity index (χ1n) is 12.4. The normalized spacial score (nSPS) is 24.6.